The zero-order valence-corrected chi connectivity index (χ0v) is 11.8. The van der Waals surface area contributed by atoms with Crippen LogP contribution in [0.5, 0.6) is 5.75 Å². The molecule has 1 heterocycles. The van der Waals surface area contributed by atoms with Crippen LogP contribution in [0.25, 0.3) is 11.1 Å². The second kappa shape index (κ2) is 6.35. The normalized spacial score (nSPS) is 10.5. The van der Waals surface area contributed by atoms with Crippen molar-refractivity contribution in [1.82, 2.24) is 4.57 Å². The molecule has 0 spiro atoms. The standard InChI is InChI=1S/C14H14FN3O4/c1-17-8-11(13(7-14(17)19)22-5-4-16)10-6-9(18(20)21)2-3-12(10)15/h2-3,6-8H,4-5,16H2,1H3. The fourth-order valence-corrected chi connectivity index (χ4v) is 1.94. The Hall–Kier alpha value is -2.74. The van der Waals surface area contributed by atoms with E-state index in [1.54, 1.807) is 0 Å². The Bertz CT molecular complexity index is 773. The molecule has 0 bridgehead atoms. The Morgan fingerprint density at radius 3 is 2.73 bits per heavy atom. The van der Waals surface area contributed by atoms with E-state index in [4.69, 9.17) is 10.5 Å². The van der Waals surface area contributed by atoms with Gasteiger partial charge in [-0.2, -0.15) is 0 Å². The molecule has 8 heteroatoms. The minimum atomic E-state index is -0.651. The zero-order valence-electron chi connectivity index (χ0n) is 11.8. The first-order valence-corrected chi connectivity index (χ1v) is 6.42. The van der Waals surface area contributed by atoms with Crippen LogP contribution in [0.1, 0.15) is 0 Å². The van der Waals surface area contributed by atoms with Crippen LogP contribution in [0, 0.1) is 15.9 Å². The first-order chi connectivity index (χ1) is 10.4. The van der Waals surface area contributed by atoms with Gasteiger partial charge in [0.05, 0.1) is 4.92 Å². The lowest BCUT2D eigenvalue weighted by Gasteiger charge is -2.13. The average molecular weight is 307 g/mol. The summed E-state index contributed by atoms with van der Waals surface area (Å²) in [5.41, 5.74) is 4.98. The Kier molecular flexibility index (Phi) is 4.52. The van der Waals surface area contributed by atoms with Gasteiger partial charge in [-0.1, -0.05) is 0 Å². The van der Waals surface area contributed by atoms with E-state index in [1.165, 1.54) is 23.9 Å². The van der Waals surface area contributed by atoms with Crippen molar-refractivity contribution in [2.24, 2.45) is 12.8 Å². The molecule has 0 aliphatic carbocycles. The largest absolute Gasteiger partial charge is 0.491 e. The third-order valence-corrected chi connectivity index (χ3v) is 3.02. The Balaban J connectivity index is 2.64. The molecule has 0 amide bonds. The second-order valence-electron chi connectivity index (χ2n) is 4.56. The third kappa shape index (κ3) is 3.12. The number of halogens is 1. The molecule has 1 aromatic carbocycles. The lowest BCUT2D eigenvalue weighted by atomic mass is 10.1. The van der Waals surface area contributed by atoms with Crippen molar-refractivity contribution >= 4 is 5.69 Å². The number of nitrogens with two attached hydrogens (primary N) is 1. The van der Waals surface area contributed by atoms with Crippen molar-refractivity contribution in [2.75, 3.05) is 13.2 Å². The van der Waals surface area contributed by atoms with Crippen LogP contribution in [-0.2, 0) is 7.05 Å². The number of aryl methyl sites for hydroxylation is 1. The minimum absolute atomic E-state index is 0.0168. The van der Waals surface area contributed by atoms with Crippen LogP contribution in [0.2, 0.25) is 0 Å². The van der Waals surface area contributed by atoms with Crippen molar-refractivity contribution in [1.29, 1.82) is 0 Å². The SMILES string of the molecule is Cn1cc(-c2cc([N+](=O)[O-])ccc2F)c(OCCN)cc1=O. The van der Waals surface area contributed by atoms with Crippen molar-refractivity contribution in [3.8, 4) is 16.9 Å². The summed E-state index contributed by atoms with van der Waals surface area (Å²) in [6.45, 7) is 0.350. The summed E-state index contributed by atoms with van der Waals surface area (Å²) in [5, 5.41) is 10.9. The predicted octanol–water partition coefficient (Wildman–Crippen LogP) is 1.44. The van der Waals surface area contributed by atoms with Gasteiger partial charge in [-0.3, -0.25) is 14.9 Å². The highest BCUT2D eigenvalue weighted by molar-refractivity contribution is 5.72. The number of rotatable bonds is 5. The first-order valence-electron chi connectivity index (χ1n) is 6.42. The fraction of sp³-hybridized carbons (Fsp3) is 0.214. The number of nitro groups is 1. The maximum atomic E-state index is 14.1. The number of hydrogen-bond acceptors (Lipinski definition) is 5. The Labute approximate surface area is 124 Å². The van der Waals surface area contributed by atoms with Gasteiger partial charge < -0.3 is 15.0 Å². The number of hydrogen-bond donors (Lipinski definition) is 1. The molecule has 0 saturated carbocycles. The molecule has 2 rings (SSSR count). The molecule has 0 saturated heterocycles. The minimum Gasteiger partial charge on any atom is -0.491 e. The van der Waals surface area contributed by atoms with Gasteiger partial charge in [0.1, 0.15) is 18.2 Å². The summed E-state index contributed by atoms with van der Waals surface area (Å²) in [6.07, 6.45) is 1.37. The number of nitrogens with zero attached hydrogens (tertiary/aromatic N) is 2. The van der Waals surface area contributed by atoms with Gasteiger partial charge in [-0.15, -0.1) is 0 Å². The molecule has 0 radical (unpaired) electrons. The molecule has 0 unspecified atom stereocenters. The molecular formula is C14H14FN3O4. The van der Waals surface area contributed by atoms with E-state index in [0.29, 0.717) is 0 Å². The van der Waals surface area contributed by atoms with Crippen LogP contribution >= 0.6 is 0 Å². The molecule has 0 atom stereocenters. The highest BCUT2D eigenvalue weighted by Gasteiger charge is 2.17. The third-order valence-electron chi connectivity index (χ3n) is 3.02. The van der Waals surface area contributed by atoms with Crippen molar-refractivity contribution in [2.45, 2.75) is 0 Å². The van der Waals surface area contributed by atoms with Gasteiger partial charge in [-0.05, 0) is 6.07 Å². The van der Waals surface area contributed by atoms with Crippen LogP contribution < -0.4 is 16.0 Å². The van der Waals surface area contributed by atoms with E-state index in [0.717, 1.165) is 18.2 Å². The topological polar surface area (TPSA) is 100 Å². The Morgan fingerprint density at radius 2 is 2.09 bits per heavy atom. The van der Waals surface area contributed by atoms with E-state index < -0.39 is 10.7 Å². The van der Waals surface area contributed by atoms with E-state index in [9.17, 15) is 19.3 Å². The number of non-ortho nitro benzene ring substituents is 1. The van der Waals surface area contributed by atoms with Crippen LogP contribution in [0.15, 0.2) is 35.3 Å². The summed E-state index contributed by atoms with van der Waals surface area (Å²) in [4.78, 5) is 21.9. The van der Waals surface area contributed by atoms with Crippen LogP contribution in [0.4, 0.5) is 10.1 Å². The summed E-state index contributed by atoms with van der Waals surface area (Å²) in [5.74, 6) is -0.519. The second-order valence-corrected chi connectivity index (χ2v) is 4.56. The van der Waals surface area contributed by atoms with Gasteiger partial charge in [0.15, 0.2) is 0 Å². The van der Waals surface area contributed by atoms with Gasteiger partial charge in [0.2, 0.25) is 0 Å². The molecule has 116 valence electrons. The van der Waals surface area contributed by atoms with Gasteiger partial charge in [-0.25, -0.2) is 4.39 Å². The monoisotopic (exact) mass is 307 g/mol. The van der Waals surface area contributed by atoms with E-state index in [2.05, 4.69) is 0 Å². The number of benzene rings is 1. The highest BCUT2D eigenvalue weighted by atomic mass is 19.1. The summed E-state index contributed by atoms with van der Waals surface area (Å²) < 4.78 is 20.7. The number of aromatic nitrogens is 1. The van der Waals surface area contributed by atoms with Gasteiger partial charge in [0, 0.05) is 49.1 Å². The molecule has 0 aliphatic rings. The van der Waals surface area contributed by atoms with Gasteiger partial charge >= 0.3 is 0 Å². The average Bonchev–Trinajstić information content (AvgIpc) is 2.48. The smallest absolute Gasteiger partial charge is 0.270 e. The fourth-order valence-electron chi connectivity index (χ4n) is 1.94. The number of pyridine rings is 1. The van der Waals surface area contributed by atoms with Gasteiger partial charge in [0.25, 0.3) is 11.2 Å². The maximum absolute atomic E-state index is 14.1. The quantitative estimate of drug-likeness (QED) is 0.665. The first kappa shape index (κ1) is 15.6. The van der Waals surface area contributed by atoms with E-state index in [1.807, 2.05) is 0 Å². The lowest BCUT2D eigenvalue weighted by Crippen LogP contribution is -2.18. The molecule has 22 heavy (non-hydrogen) atoms. The van der Waals surface area contributed by atoms with Crippen LogP contribution in [-0.4, -0.2) is 22.6 Å². The molecule has 2 N–H and O–H groups in total. The van der Waals surface area contributed by atoms with E-state index in [-0.39, 0.29) is 41.3 Å². The molecule has 1 aromatic heterocycles. The van der Waals surface area contributed by atoms with Crippen molar-refractivity contribution < 1.29 is 14.1 Å². The molecule has 7 nitrogen and oxygen atoms in total. The Morgan fingerprint density at radius 1 is 1.36 bits per heavy atom. The molecule has 2 aromatic rings. The highest BCUT2D eigenvalue weighted by Crippen LogP contribution is 2.32. The summed E-state index contributed by atoms with van der Waals surface area (Å²) in [7, 11) is 1.49. The predicted molar refractivity (Wildman–Crippen MR) is 78.3 cm³/mol. The summed E-state index contributed by atoms with van der Waals surface area (Å²) in [6, 6.07) is 4.38. The molecular weight excluding hydrogens is 293 g/mol. The van der Waals surface area contributed by atoms with Crippen molar-refractivity contribution in [3.05, 3.63) is 56.7 Å². The maximum Gasteiger partial charge on any atom is 0.270 e. The summed E-state index contributed by atoms with van der Waals surface area (Å²) >= 11 is 0. The number of ether oxygens (including phenoxy) is 1. The zero-order chi connectivity index (χ0) is 16.3. The van der Waals surface area contributed by atoms with Crippen molar-refractivity contribution in [3.63, 3.8) is 0 Å². The molecule has 0 aliphatic heterocycles. The number of nitro benzene ring substituents is 1. The van der Waals surface area contributed by atoms with E-state index >= 15 is 0 Å². The van der Waals surface area contributed by atoms with Crippen LogP contribution in [0.3, 0.4) is 0 Å². The molecule has 0 fully saturated rings. The lowest BCUT2D eigenvalue weighted by molar-refractivity contribution is -0.384.